The fraction of sp³-hybridized carbons (Fsp3) is 0.400. The highest BCUT2D eigenvalue weighted by molar-refractivity contribution is 7.09. The monoisotopic (exact) mass is 222 g/mol. The van der Waals surface area contributed by atoms with E-state index in [1.165, 1.54) is 4.88 Å². The van der Waals surface area contributed by atoms with Gasteiger partial charge in [0.2, 0.25) is 0 Å². The van der Waals surface area contributed by atoms with Crippen molar-refractivity contribution in [1.82, 2.24) is 19.9 Å². The van der Waals surface area contributed by atoms with Crippen molar-refractivity contribution in [3.63, 3.8) is 0 Å². The minimum absolute atomic E-state index is 0.822. The van der Waals surface area contributed by atoms with E-state index in [4.69, 9.17) is 0 Å². The Labute approximate surface area is 93.0 Å². The zero-order chi connectivity index (χ0) is 10.5. The van der Waals surface area contributed by atoms with Gasteiger partial charge in [0.25, 0.3) is 0 Å². The van der Waals surface area contributed by atoms with Crippen molar-refractivity contribution in [2.45, 2.75) is 20.0 Å². The van der Waals surface area contributed by atoms with Crippen LogP contribution >= 0.6 is 11.3 Å². The molecule has 5 heteroatoms. The third-order valence-electron chi connectivity index (χ3n) is 2.14. The molecule has 0 amide bonds. The van der Waals surface area contributed by atoms with E-state index in [9.17, 15) is 0 Å². The lowest BCUT2D eigenvalue weighted by atomic mass is 10.5. The smallest absolute Gasteiger partial charge is 0.122 e. The summed E-state index contributed by atoms with van der Waals surface area (Å²) in [4.78, 5) is 9.64. The molecule has 0 bridgehead atoms. The molecule has 4 nitrogen and oxygen atoms in total. The van der Waals surface area contributed by atoms with Crippen LogP contribution in [0.15, 0.2) is 24.1 Å². The maximum atomic E-state index is 4.32. The third kappa shape index (κ3) is 2.64. The highest BCUT2D eigenvalue weighted by Gasteiger charge is 2.03. The Morgan fingerprint density at radius 1 is 1.53 bits per heavy atom. The molecule has 0 unspecified atom stereocenters. The molecule has 1 N–H and O–H groups in total. The highest BCUT2D eigenvalue weighted by atomic mass is 32.1. The minimum atomic E-state index is 0.822. The average molecular weight is 222 g/mol. The van der Waals surface area contributed by atoms with Crippen LogP contribution in [0.5, 0.6) is 0 Å². The Hall–Kier alpha value is -1.20. The molecule has 0 aliphatic carbocycles. The predicted octanol–water partition coefficient (Wildman–Crippen LogP) is 1.50. The number of aromatic nitrogens is 3. The number of imidazole rings is 1. The van der Waals surface area contributed by atoms with Gasteiger partial charge in [-0.3, -0.25) is 4.98 Å². The number of nitrogens with one attached hydrogen (secondary N) is 1. The zero-order valence-corrected chi connectivity index (χ0v) is 9.50. The first-order chi connectivity index (χ1) is 7.40. The van der Waals surface area contributed by atoms with Gasteiger partial charge in [0, 0.05) is 23.5 Å². The molecule has 0 aliphatic heterocycles. The Bertz CT molecular complexity index is 393. The standard InChI is InChI=1S/C10H14N4S/c1-2-11-6-10-13-3-4-14(10)7-9-5-12-8-15-9/h3-5,8,11H,2,6-7H2,1H3. The maximum Gasteiger partial charge on any atom is 0.122 e. The van der Waals surface area contributed by atoms with Crippen LogP contribution in [-0.4, -0.2) is 21.1 Å². The summed E-state index contributed by atoms with van der Waals surface area (Å²) in [5.74, 6) is 1.07. The quantitative estimate of drug-likeness (QED) is 0.833. The van der Waals surface area contributed by atoms with E-state index < -0.39 is 0 Å². The molecule has 0 radical (unpaired) electrons. The highest BCUT2D eigenvalue weighted by Crippen LogP contribution is 2.09. The first-order valence-corrected chi connectivity index (χ1v) is 5.86. The van der Waals surface area contributed by atoms with Crippen LogP contribution in [0.4, 0.5) is 0 Å². The largest absolute Gasteiger partial charge is 0.329 e. The summed E-state index contributed by atoms with van der Waals surface area (Å²) >= 11 is 1.67. The number of nitrogens with zero attached hydrogens (tertiary/aromatic N) is 3. The molecular formula is C10H14N4S. The van der Waals surface area contributed by atoms with Crippen molar-refractivity contribution in [3.8, 4) is 0 Å². The van der Waals surface area contributed by atoms with Crippen molar-refractivity contribution >= 4 is 11.3 Å². The Morgan fingerprint density at radius 3 is 3.20 bits per heavy atom. The van der Waals surface area contributed by atoms with Gasteiger partial charge < -0.3 is 9.88 Å². The molecule has 80 valence electrons. The summed E-state index contributed by atoms with van der Waals surface area (Å²) in [6.45, 7) is 4.75. The molecule has 0 spiro atoms. The van der Waals surface area contributed by atoms with E-state index >= 15 is 0 Å². The molecule has 2 rings (SSSR count). The summed E-state index contributed by atoms with van der Waals surface area (Å²) in [6.07, 6.45) is 5.75. The van der Waals surface area contributed by atoms with E-state index in [1.54, 1.807) is 11.3 Å². The second-order valence-corrected chi connectivity index (χ2v) is 4.19. The lowest BCUT2D eigenvalue weighted by Gasteiger charge is -2.06. The number of hydrogen-bond donors (Lipinski definition) is 1. The molecule has 15 heavy (non-hydrogen) atoms. The summed E-state index contributed by atoms with van der Waals surface area (Å²) < 4.78 is 2.15. The van der Waals surface area contributed by atoms with E-state index in [1.807, 2.05) is 24.1 Å². The van der Waals surface area contributed by atoms with Crippen molar-refractivity contribution in [3.05, 3.63) is 34.8 Å². The van der Waals surface area contributed by atoms with Gasteiger partial charge >= 0.3 is 0 Å². The molecule has 2 heterocycles. The fourth-order valence-electron chi connectivity index (χ4n) is 1.38. The SMILES string of the molecule is CCNCc1nccn1Cc1cncs1. The molecule has 2 aromatic heterocycles. The summed E-state index contributed by atoms with van der Waals surface area (Å²) in [7, 11) is 0. The third-order valence-corrected chi connectivity index (χ3v) is 2.91. The lowest BCUT2D eigenvalue weighted by Crippen LogP contribution is -2.16. The van der Waals surface area contributed by atoms with Gasteiger partial charge in [-0.1, -0.05) is 6.92 Å². The predicted molar refractivity (Wildman–Crippen MR) is 60.8 cm³/mol. The number of hydrogen-bond acceptors (Lipinski definition) is 4. The van der Waals surface area contributed by atoms with E-state index in [0.717, 1.165) is 25.5 Å². The summed E-state index contributed by atoms with van der Waals surface area (Å²) in [6, 6.07) is 0. The van der Waals surface area contributed by atoms with Crippen molar-refractivity contribution in [2.24, 2.45) is 0 Å². The normalized spacial score (nSPS) is 10.7. The minimum Gasteiger partial charge on any atom is -0.329 e. The van der Waals surface area contributed by atoms with Gasteiger partial charge in [-0.05, 0) is 6.54 Å². The molecule has 0 atom stereocenters. The summed E-state index contributed by atoms with van der Waals surface area (Å²) in [5.41, 5.74) is 1.86. The second-order valence-electron chi connectivity index (χ2n) is 3.22. The number of rotatable bonds is 5. The molecule has 0 saturated heterocycles. The van der Waals surface area contributed by atoms with Crippen LogP contribution < -0.4 is 5.32 Å². The van der Waals surface area contributed by atoms with Crippen LogP contribution in [0.25, 0.3) is 0 Å². The van der Waals surface area contributed by atoms with Crippen molar-refractivity contribution in [2.75, 3.05) is 6.54 Å². The van der Waals surface area contributed by atoms with Crippen molar-refractivity contribution < 1.29 is 0 Å². The summed E-state index contributed by atoms with van der Waals surface area (Å²) in [5, 5.41) is 3.28. The Balaban J connectivity index is 2.04. The van der Waals surface area contributed by atoms with E-state index in [0.29, 0.717) is 0 Å². The van der Waals surface area contributed by atoms with Crippen LogP contribution in [0.2, 0.25) is 0 Å². The Morgan fingerprint density at radius 2 is 2.47 bits per heavy atom. The van der Waals surface area contributed by atoms with Gasteiger partial charge in [0.05, 0.1) is 18.6 Å². The van der Waals surface area contributed by atoms with Gasteiger partial charge in [0.15, 0.2) is 0 Å². The van der Waals surface area contributed by atoms with E-state index in [-0.39, 0.29) is 0 Å². The second kappa shape index (κ2) is 5.04. The average Bonchev–Trinajstić information content (AvgIpc) is 2.87. The van der Waals surface area contributed by atoms with E-state index in [2.05, 4.69) is 26.8 Å². The van der Waals surface area contributed by atoms with Gasteiger partial charge in [-0.15, -0.1) is 11.3 Å². The molecule has 0 aromatic carbocycles. The molecule has 0 aliphatic rings. The van der Waals surface area contributed by atoms with Gasteiger partial charge in [0.1, 0.15) is 5.82 Å². The molecule has 0 saturated carbocycles. The van der Waals surface area contributed by atoms with Gasteiger partial charge in [-0.25, -0.2) is 4.98 Å². The molecular weight excluding hydrogens is 208 g/mol. The van der Waals surface area contributed by atoms with Crippen LogP contribution in [-0.2, 0) is 13.1 Å². The van der Waals surface area contributed by atoms with Crippen LogP contribution in [0.3, 0.4) is 0 Å². The lowest BCUT2D eigenvalue weighted by molar-refractivity contribution is 0.642. The first-order valence-electron chi connectivity index (χ1n) is 4.98. The number of thiazole rings is 1. The zero-order valence-electron chi connectivity index (χ0n) is 8.68. The fourth-order valence-corrected chi connectivity index (χ4v) is 1.97. The first kappa shape index (κ1) is 10.3. The molecule has 0 fully saturated rings. The van der Waals surface area contributed by atoms with Crippen molar-refractivity contribution in [1.29, 1.82) is 0 Å². The topological polar surface area (TPSA) is 42.7 Å². The maximum absolute atomic E-state index is 4.32. The Kier molecular flexibility index (Phi) is 3.47. The van der Waals surface area contributed by atoms with Crippen LogP contribution in [0, 0.1) is 0 Å². The van der Waals surface area contributed by atoms with Gasteiger partial charge in [-0.2, -0.15) is 0 Å². The molecule has 2 aromatic rings. The van der Waals surface area contributed by atoms with Crippen LogP contribution in [0.1, 0.15) is 17.6 Å².